The second-order valence-electron chi connectivity index (χ2n) is 5.12. The van der Waals surface area contributed by atoms with E-state index in [0.717, 1.165) is 18.0 Å². The molecule has 110 valence electrons. The highest BCUT2D eigenvalue weighted by molar-refractivity contribution is 5.72. The monoisotopic (exact) mass is 289 g/mol. The molecule has 1 N–H and O–H groups in total. The second kappa shape index (κ2) is 6.81. The summed E-state index contributed by atoms with van der Waals surface area (Å²) >= 11 is 0. The minimum atomic E-state index is 0.773. The van der Waals surface area contributed by atoms with Crippen LogP contribution in [-0.4, -0.2) is 7.11 Å². The summed E-state index contributed by atoms with van der Waals surface area (Å²) < 4.78 is 5.46. The van der Waals surface area contributed by atoms with Crippen molar-refractivity contribution in [3.63, 3.8) is 0 Å². The number of anilines is 1. The standard InChI is InChI=1S/C20H19NO/c1-22-20-13-12-18(17-10-6-3-7-11-17)14-19(20)21-15-16-8-4-2-5-9-16/h2-14,21H,15H2,1H3. The van der Waals surface area contributed by atoms with Crippen LogP contribution in [-0.2, 0) is 6.54 Å². The van der Waals surface area contributed by atoms with Crippen molar-refractivity contribution in [3.8, 4) is 16.9 Å². The molecule has 0 amide bonds. The van der Waals surface area contributed by atoms with Gasteiger partial charge in [-0.1, -0.05) is 66.7 Å². The van der Waals surface area contributed by atoms with E-state index in [0.29, 0.717) is 0 Å². The summed E-state index contributed by atoms with van der Waals surface area (Å²) in [5.41, 5.74) is 4.63. The van der Waals surface area contributed by atoms with E-state index in [-0.39, 0.29) is 0 Å². The van der Waals surface area contributed by atoms with Crippen molar-refractivity contribution in [2.75, 3.05) is 12.4 Å². The van der Waals surface area contributed by atoms with Crippen LogP contribution in [0.25, 0.3) is 11.1 Å². The Morgan fingerprint density at radius 1 is 0.773 bits per heavy atom. The van der Waals surface area contributed by atoms with Crippen molar-refractivity contribution < 1.29 is 4.74 Å². The van der Waals surface area contributed by atoms with Gasteiger partial charge in [-0.25, -0.2) is 0 Å². The summed E-state index contributed by atoms with van der Waals surface area (Å²) in [4.78, 5) is 0. The maximum Gasteiger partial charge on any atom is 0.141 e. The van der Waals surface area contributed by atoms with Crippen LogP contribution < -0.4 is 10.1 Å². The molecule has 0 atom stereocenters. The lowest BCUT2D eigenvalue weighted by Crippen LogP contribution is -2.01. The molecule has 0 aromatic heterocycles. The molecule has 0 spiro atoms. The van der Waals surface area contributed by atoms with Gasteiger partial charge in [0.2, 0.25) is 0 Å². The third-order valence-corrected chi connectivity index (χ3v) is 3.63. The van der Waals surface area contributed by atoms with E-state index in [9.17, 15) is 0 Å². The van der Waals surface area contributed by atoms with Gasteiger partial charge in [0.05, 0.1) is 12.8 Å². The molecule has 0 saturated carbocycles. The number of rotatable bonds is 5. The minimum Gasteiger partial charge on any atom is -0.495 e. The van der Waals surface area contributed by atoms with Gasteiger partial charge in [-0.15, -0.1) is 0 Å². The Kier molecular flexibility index (Phi) is 4.40. The number of methoxy groups -OCH3 is 1. The fraction of sp³-hybridized carbons (Fsp3) is 0.100. The molecule has 0 saturated heterocycles. The van der Waals surface area contributed by atoms with Crippen LogP contribution >= 0.6 is 0 Å². The topological polar surface area (TPSA) is 21.3 Å². The average Bonchev–Trinajstić information content (AvgIpc) is 2.61. The molecule has 2 heteroatoms. The molecule has 0 bridgehead atoms. The summed E-state index contributed by atoms with van der Waals surface area (Å²) in [6, 6.07) is 26.9. The molecular formula is C20H19NO. The normalized spacial score (nSPS) is 10.2. The fourth-order valence-electron chi connectivity index (χ4n) is 2.45. The second-order valence-corrected chi connectivity index (χ2v) is 5.12. The third-order valence-electron chi connectivity index (χ3n) is 3.63. The number of ether oxygens (including phenoxy) is 1. The Morgan fingerprint density at radius 3 is 2.14 bits per heavy atom. The highest BCUT2D eigenvalue weighted by Crippen LogP contribution is 2.30. The molecule has 0 unspecified atom stereocenters. The zero-order valence-corrected chi connectivity index (χ0v) is 12.6. The highest BCUT2D eigenvalue weighted by atomic mass is 16.5. The maximum atomic E-state index is 5.46. The van der Waals surface area contributed by atoms with Gasteiger partial charge in [0.15, 0.2) is 0 Å². The molecule has 0 aliphatic carbocycles. The Morgan fingerprint density at radius 2 is 1.45 bits per heavy atom. The molecule has 3 rings (SSSR count). The molecule has 3 aromatic rings. The molecule has 3 aromatic carbocycles. The van der Waals surface area contributed by atoms with E-state index < -0.39 is 0 Å². The largest absolute Gasteiger partial charge is 0.495 e. The van der Waals surface area contributed by atoms with Crippen LogP contribution in [0.1, 0.15) is 5.56 Å². The van der Waals surface area contributed by atoms with E-state index in [2.05, 4.69) is 66.0 Å². The van der Waals surface area contributed by atoms with Gasteiger partial charge in [0, 0.05) is 6.54 Å². The average molecular weight is 289 g/mol. The zero-order valence-electron chi connectivity index (χ0n) is 12.6. The summed E-state index contributed by atoms with van der Waals surface area (Å²) in [6.45, 7) is 0.773. The minimum absolute atomic E-state index is 0.773. The van der Waals surface area contributed by atoms with Gasteiger partial charge in [-0.3, -0.25) is 0 Å². The molecular weight excluding hydrogens is 270 g/mol. The van der Waals surface area contributed by atoms with Crippen LogP contribution in [0, 0.1) is 0 Å². The lowest BCUT2D eigenvalue weighted by molar-refractivity contribution is 0.416. The SMILES string of the molecule is COc1ccc(-c2ccccc2)cc1NCc1ccccc1. The Balaban J connectivity index is 1.85. The van der Waals surface area contributed by atoms with Crippen molar-refractivity contribution in [2.24, 2.45) is 0 Å². The van der Waals surface area contributed by atoms with E-state index in [1.165, 1.54) is 16.7 Å². The number of hydrogen-bond donors (Lipinski definition) is 1. The lowest BCUT2D eigenvalue weighted by Gasteiger charge is -2.13. The van der Waals surface area contributed by atoms with Crippen LogP contribution in [0.3, 0.4) is 0 Å². The van der Waals surface area contributed by atoms with E-state index in [1.54, 1.807) is 7.11 Å². The first-order valence-electron chi connectivity index (χ1n) is 7.38. The first kappa shape index (κ1) is 14.2. The van der Waals surface area contributed by atoms with Crippen LogP contribution in [0.5, 0.6) is 5.75 Å². The highest BCUT2D eigenvalue weighted by Gasteiger charge is 2.05. The van der Waals surface area contributed by atoms with Crippen LogP contribution in [0.2, 0.25) is 0 Å². The van der Waals surface area contributed by atoms with E-state index in [4.69, 9.17) is 4.74 Å². The maximum absolute atomic E-state index is 5.46. The smallest absolute Gasteiger partial charge is 0.141 e. The van der Waals surface area contributed by atoms with Gasteiger partial charge >= 0.3 is 0 Å². The summed E-state index contributed by atoms with van der Waals surface area (Å²) in [7, 11) is 1.70. The van der Waals surface area contributed by atoms with Crippen LogP contribution in [0.4, 0.5) is 5.69 Å². The van der Waals surface area contributed by atoms with Gasteiger partial charge in [0.25, 0.3) is 0 Å². The number of nitrogens with one attached hydrogen (secondary N) is 1. The lowest BCUT2D eigenvalue weighted by atomic mass is 10.0. The first-order valence-corrected chi connectivity index (χ1v) is 7.38. The third kappa shape index (κ3) is 3.29. The molecule has 0 aliphatic rings. The van der Waals surface area contributed by atoms with Crippen molar-refractivity contribution in [1.82, 2.24) is 0 Å². The Bertz CT molecular complexity index is 723. The summed E-state index contributed by atoms with van der Waals surface area (Å²) in [6.07, 6.45) is 0. The Hall–Kier alpha value is -2.74. The predicted molar refractivity (Wildman–Crippen MR) is 92.2 cm³/mol. The molecule has 0 fully saturated rings. The van der Waals surface area contributed by atoms with Crippen molar-refractivity contribution in [2.45, 2.75) is 6.54 Å². The van der Waals surface area contributed by atoms with Gasteiger partial charge in [0.1, 0.15) is 5.75 Å². The van der Waals surface area contributed by atoms with Gasteiger partial charge in [-0.2, -0.15) is 0 Å². The number of benzene rings is 3. The fourth-order valence-corrected chi connectivity index (χ4v) is 2.45. The zero-order chi connectivity index (χ0) is 15.2. The molecule has 2 nitrogen and oxygen atoms in total. The molecule has 0 heterocycles. The molecule has 0 radical (unpaired) electrons. The van der Waals surface area contributed by atoms with E-state index in [1.807, 2.05) is 18.2 Å². The summed E-state index contributed by atoms with van der Waals surface area (Å²) in [5, 5.41) is 3.47. The molecule has 0 aliphatic heterocycles. The molecule has 22 heavy (non-hydrogen) atoms. The predicted octanol–water partition coefficient (Wildman–Crippen LogP) is 4.97. The van der Waals surface area contributed by atoms with E-state index >= 15 is 0 Å². The number of hydrogen-bond acceptors (Lipinski definition) is 2. The quantitative estimate of drug-likeness (QED) is 0.715. The van der Waals surface area contributed by atoms with Gasteiger partial charge < -0.3 is 10.1 Å². The van der Waals surface area contributed by atoms with Crippen molar-refractivity contribution in [3.05, 3.63) is 84.4 Å². The van der Waals surface area contributed by atoms with Crippen LogP contribution in [0.15, 0.2) is 78.9 Å². The van der Waals surface area contributed by atoms with Gasteiger partial charge in [-0.05, 0) is 28.8 Å². The summed E-state index contributed by atoms with van der Waals surface area (Å²) in [5.74, 6) is 0.857. The van der Waals surface area contributed by atoms with Crippen molar-refractivity contribution in [1.29, 1.82) is 0 Å². The van der Waals surface area contributed by atoms with Crippen molar-refractivity contribution >= 4 is 5.69 Å². The Labute approximate surface area is 131 Å². The first-order chi connectivity index (χ1) is 10.9.